The number of methoxy groups -OCH3 is 2. The van der Waals surface area contributed by atoms with Gasteiger partial charge in [0.2, 0.25) is 5.91 Å². The topological polar surface area (TPSA) is 72.5 Å². The molecule has 0 aliphatic heterocycles. The molecule has 1 heterocycles. The van der Waals surface area contributed by atoms with E-state index < -0.39 is 0 Å². The Kier molecular flexibility index (Phi) is 5.90. The lowest BCUT2D eigenvalue weighted by atomic mass is 10.1. The highest BCUT2D eigenvalue weighted by Crippen LogP contribution is 2.27. The molecule has 8 heteroatoms. The van der Waals surface area contributed by atoms with Crippen molar-refractivity contribution >= 4 is 34.9 Å². The van der Waals surface area contributed by atoms with E-state index in [2.05, 4.69) is 15.8 Å². The summed E-state index contributed by atoms with van der Waals surface area (Å²) in [5.41, 5.74) is 5.95. The minimum absolute atomic E-state index is 0.151. The molecule has 1 amide bonds. The van der Waals surface area contributed by atoms with Gasteiger partial charge in [0, 0.05) is 6.20 Å². The Labute approximate surface area is 143 Å². The lowest BCUT2D eigenvalue weighted by molar-refractivity contribution is -0.119. The summed E-state index contributed by atoms with van der Waals surface area (Å²) in [6, 6.07) is 6.80. The minimum Gasteiger partial charge on any atom is -0.493 e. The third kappa shape index (κ3) is 4.64. The van der Waals surface area contributed by atoms with Gasteiger partial charge in [0.05, 0.1) is 30.7 Å². The molecule has 2 aromatic rings. The van der Waals surface area contributed by atoms with Gasteiger partial charge in [-0.15, -0.1) is 0 Å². The van der Waals surface area contributed by atoms with Crippen LogP contribution >= 0.6 is 23.2 Å². The van der Waals surface area contributed by atoms with E-state index in [1.54, 1.807) is 25.3 Å². The molecule has 122 valence electrons. The number of amides is 1. The van der Waals surface area contributed by atoms with E-state index in [1.165, 1.54) is 19.4 Å². The van der Waals surface area contributed by atoms with Crippen LogP contribution in [0.1, 0.15) is 5.56 Å². The quantitative estimate of drug-likeness (QED) is 0.779. The molecule has 0 fully saturated rings. The second-order valence-corrected chi connectivity index (χ2v) is 5.37. The summed E-state index contributed by atoms with van der Waals surface area (Å²) in [6.07, 6.45) is 1.58. The summed E-state index contributed by atoms with van der Waals surface area (Å²) < 4.78 is 10.4. The van der Waals surface area contributed by atoms with Crippen molar-refractivity contribution in [1.82, 2.24) is 10.4 Å². The fourth-order valence-corrected chi connectivity index (χ4v) is 2.28. The zero-order chi connectivity index (χ0) is 16.8. The first-order valence-corrected chi connectivity index (χ1v) is 7.36. The molecule has 0 unspecified atom stereocenters. The summed E-state index contributed by atoms with van der Waals surface area (Å²) in [6.45, 7) is 0. The molecule has 0 aliphatic carbocycles. The van der Waals surface area contributed by atoms with Gasteiger partial charge in [-0.25, -0.2) is 4.98 Å². The molecule has 0 bridgehead atoms. The van der Waals surface area contributed by atoms with E-state index in [-0.39, 0.29) is 12.3 Å². The van der Waals surface area contributed by atoms with Gasteiger partial charge in [0.15, 0.2) is 17.3 Å². The lowest BCUT2D eigenvalue weighted by Crippen LogP contribution is -2.31. The number of nitrogens with zero attached hydrogens (tertiary/aromatic N) is 1. The van der Waals surface area contributed by atoms with Crippen molar-refractivity contribution in [3.05, 3.63) is 46.1 Å². The van der Waals surface area contributed by atoms with Crippen LogP contribution in [0.3, 0.4) is 0 Å². The van der Waals surface area contributed by atoms with E-state index in [9.17, 15) is 4.79 Å². The second-order valence-electron chi connectivity index (χ2n) is 4.52. The molecule has 2 N–H and O–H groups in total. The number of rotatable bonds is 6. The number of hydrazine groups is 1. The van der Waals surface area contributed by atoms with E-state index in [1.807, 2.05) is 0 Å². The van der Waals surface area contributed by atoms with Crippen LogP contribution in [0.2, 0.25) is 10.0 Å². The predicted octanol–water partition coefficient (Wildman–Crippen LogP) is 3.09. The van der Waals surface area contributed by atoms with Crippen molar-refractivity contribution in [2.24, 2.45) is 0 Å². The molecule has 0 radical (unpaired) electrons. The van der Waals surface area contributed by atoms with Crippen molar-refractivity contribution in [1.29, 1.82) is 0 Å². The van der Waals surface area contributed by atoms with Crippen molar-refractivity contribution in [3.8, 4) is 11.5 Å². The number of pyridine rings is 1. The Morgan fingerprint density at radius 2 is 1.91 bits per heavy atom. The van der Waals surface area contributed by atoms with Gasteiger partial charge in [-0.2, -0.15) is 0 Å². The second kappa shape index (κ2) is 7.89. The number of hydrogen-bond donors (Lipinski definition) is 2. The molecular weight excluding hydrogens is 341 g/mol. The average molecular weight is 356 g/mol. The SMILES string of the molecule is COc1ccc(CC(=O)NNc2ncc(Cl)cc2Cl)cc1OC. The fourth-order valence-electron chi connectivity index (χ4n) is 1.86. The monoisotopic (exact) mass is 355 g/mol. The third-order valence-electron chi connectivity index (χ3n) is 2.94. The smallest absolute Gasteiger partial charge is 0.242 e. The third-order valence-corrected chi connectivity index (χ3v) is 3.44. The number of hydrogen-bond acceptors (Lipinski definition) is 5. The summed E-state index contributed by atoms with van der Waals surface area (Å²) in [4.78, 5) is 16.0. The Bertz CT molecular complexity index is 710. The van der Waals surface area contributed by atoms with E-state index >= 15 is 0 Å². The molecular formula is C15H15Cl2N3O3. The lowest BCUT2D eigenvalue weighted by Gasteiger charge is -2.11. The van der Waals surface area contributed by atoms with E-state index in [4.69, 9.17) is 32.7 Å². The molecule has 0 aliphatic rings. The maximum absolute atomic E-state index is 12.0. The number of carbonyl (C=O) groups is 1. The summed E-state index contributed by atoms with van der Waals surface area (Å²) in [7, 11) is 3.09. The van der Waals surface area contributed by atoms with Gasteiger partial charge in [0.25, 0.3) is 0 Å². The van der Waals surface area contributed by atoms with Crippen molar-refractivity contribution in [2.45, 2.75) is 6.42 Å². The highest BCUT2D eigenvalue weighted by Gasteiger charge is 2.09. The number of benzene rings is 1. The molecule has 1 aromatic carbocycles. The molecule has 1 aromatic heterocycles. The average Bonchev–Trinajstić information content (AvgIpc) is 2.54. The molecule has 0 spiro atoms. The molecule has 0 atom stereocenters. The highest BCUT2D eigenvalue weighted by molar-refractivity contribution is 6.35. The minimum atomic E-state index is -0.259. The van der Waals surface area contributed by atoms with Gasteiger partial charge in [-0.05, 0) is 23.8 Å². The van der Waals surface area contributed by atoms with E-state index in [0.717, 1.165) is 5.56 Å². The first-order valence-electron chi connectivity index (χ1n) is 6.60. The normalized spacial score (nSPS) is 10.1. The predicted molar refractivity (Wildman–Crippen MR) is 89.3 cm³/mol. The van der Waals surface area contributed by atoms with Crippen molar-refractivity contribution < 1.29 is 14.3 Å². The zero-order valence-electron chi connectivity index (χ0n) is 12.5. The maximum Gasteiger partial charge on any atom is 0.242 e. The summed E-state index contributed by atoms with van der Waals surface area (Å²) in [5.74, 6) is 1.22. The fraction of sp³-hybridized carbons (Fsp3) is 0.200. The zero-order valence-corrected chi connectivity index (χ0v) is 14.0. The molecule has 0 saturated carbocycles. The standard InChI is InChI=1S/C15H15Cl2N3O3/c1-22-12-4-3-9(5-13(12)23-2)6-14(21)19-20-15-11(17)7-10(16)8-18-15/h3-5,7-8H,6H2,1-2H3,(H,18,20)(H,19,21). The Morgan fingerprint density at radius 1 is 1.17 bits per heavy atom. The van der Waals surface area contributed by atoms with Crippen molar-refractivity contribution in [3.63, 3.8) is 0 Å². The summed E-state index contributed by atoms with van der Waals surface area (Å²) >= 11 is 11.7. The molecule has 6 nitrogen and oxygen atoms in total. The van der Waals surface area contributed by atoms with Crippen LogP contribution < -0.4 is 20.3 Å². The van der Waals surface area contributed by atoms with Crippen LogP contribution in [0.4, 0.5) is 5.82 Å². The largest absolute Gasteiger partial charge is 0.493 e. The van der Waals surface area contributed by atoms with Crippen LogP contribution in [-0.4, -0.2) is 25.1 Å². The molecule has 2 rings (SSSR count). The van der Waals surface area contributed by atoms with Crippen LogP contribution in [-0.2, 0) is 11.2 Å². The van der Waals surface area contributed by atoms with Crippen LogP contribution in [0.25, 0.3) is 0 Å². The number of aromatic nitrogens is 1. The Morgan fingerprint density at radius 3 is 2.57 bits per heavy atom. The van der Waals surface area contributed by atoms with Crippen molar-refractivity contribution in [2.75, 3.05) is 19.6 Å². The summed E-state index contributed by atoms with van der Waals surface area (Å²) in [5, 5.41) is 0.723. The highest BCUT2D eigenvalue weighted by atomic mass is 35.5. The number of anilines is 1. The van der Waals surface area contributed by atoms with Gasteiger partial charge in [-0.3, -0.25) is 15.6 Å². The Balaban J connectivity index is 1.97. The number of halogens is 2. The van der Waals surface area contributed by atoms with Gasteiger partial charge < -0.3 is 9.47 Å². The molecule has 23 heavy (non-hydrogen) atoms. The van der Waals surface area contributed by atoms with Crippen LogP contribution in [0.5, 0.6) is 11.5 Å². The van der Waals surface area contributed by atoms with Crippen LogP contribution in [0.15, 0.2) is 30.5 Å². The first kappa shape index (κ1) is 17.2. The number of nitrogens with one attached hydrogen (secondary N) is 2. The Hall–Kier alpha value is -2.18. The van der Waals surface area contributed by atoms with E-state index in [0.29, 0.717) is 27.4 Å². The molecule has 0 saturated heterocycles. The van der Waals surface area contributed by atoms with Gasteiger partial charge in [0.1, 0.15) is 0 Å². The number of carbonyl (C=O) groups excluding carboxylic acids is 1. The van der Waals surface area contributed by atoms with Gasteiger partial charge in [-0.1, -0.05) is 29.3 Å². The number of ether oxygens (including phenoxy) is 2. The van der Waals surface area contributed by atoms with Gasteiger partial charge >= 0.3 is 0 Å². The maximum atomic E-state index is 12.0. The van der Waals surface area contributed by atoms with Crippen LogP contribution in [0, 0.1) is 0 Å². The first-order chi connectivity index (χ1) is 11.0.